The molecule has 116 valence electrons. The van der Waals surface area contributed by atoms with Crippen LogP contribution in [0.5, 0.6) is 5.75 Å². The van der Waals surface area contributed by atoms with Crippen molar-refractivity contribution in [3.8, 4) is 5.75 Å². The van der Waals surface area contributed by atoms with Gasteiger partial charge in [0.05, 0.1) is 5.41 Å². The zero-order chi connectivity index (χ0) is 16.0. The molecule has 2 N–H and O–H groups in total. The fraction of sp³-hybridized carbons (Fsp3) is 0.316. The second-order valence-corrected chi connectivity index (χ2v) is 5.45. The Bertz CT molecular complexity index is 601. The van der Waals surface area contributed by atoms with E-state index in [1.807, 2.05) is 68.4 Å². The molecule has 0 radical (unpaired) electrons. The van der Waals surface area contributed by atoms with Crippen LogP contribution in [-0.4, -0.2) is 5.91 Å². The summed E-state index contributed by atoms with van der Waals surface area (Å²) in [7, 11) is 0. The second kappa shape index (κ2) is 7.12. The lowest BCUT2D eigenvalue weighted by Crippen LogP contribution is -2.40. The molecule has 0 saturated heterocycles. The molecule has 0 fully saturated rings. The highest BCUT2D eigenvalue weighted by molar-refractivity contribution is 5.86. The van der Waals surface area contributed by atoms with Gasteiger partial charge in [0.25, 0.3) is 0 Å². The molecule has 0 saturated carbocycles. The summed E-state index contributed by atoms with van der Waals surface area (Å²) >= 11 is 0. The Hall–Kier alpha value is -2.29. The Balaban J connectivity index is 2.11. The number of carbonyl (C=O) groups excluding carboxylic acids is 1. The van der Waals surface area contributed by atoms with Gasteiger partial charge in [-0.2, -0.15) is 0 Å². The molecule has 3 nitrogen and oxygen atoms in total. The summed E-state index contributed by atoms with van der Waals surface area (Å²) < 4.78 is 5.77. The van der Waals surface area contributed by atoms with Gasteiger partial charge in [0.1, 0.15) is 12.4 Å². The van der Waals surface area contributed by atoms with Crippen LogP contribution in [0.4, 0.5) is 0 Å². The molecule has 0 bridgehead atoms. The van der Waals surface area contributed by atoms with E-state index in [2.05, 4.69) is 0 Å². The summed E-state index contributed by atoms with van der Waals surface area (Å²) in [5.74, 6) is 0.522. The maximum Gasteiger partial charge on any atom is 0.228 e. The van der Waals surface area contributed by atoms with E-state index in [-0.39, 0.29) is 5.91 Å². The molecule has 0 aliphatic rings. The van der Waals surface area contributed by atoms with Crippen LogP contribution in [0.1, 0.15) is 37.8 Å². The number of amides is 1. The lowest BCUT2D eigenvalue weighted by Gasteiger charge is -2.28. The maximum absolute atomic E-state index is 11.9. The molecule has 0 spiro atoms. The molecule has 0 unspecified atom stereocenters. The fourth-order valence-corrected chi connectivity index (χ4v) is 2.76. The van der Waals surface area contributed by atoms with Gasteiger partial charge in [0.15, 0.2) is 0 Å². The molecule has 1 amide bonds. The smallest absolute Gasteiger partial charge is 0.228 e. The molecule has 22 heavy (non-hydrogen) atoms. The fourth-order valence-electron chi connectivity index (χ4n) is 2.76. The summed E-state index contributed by atoms with van der Waals surface area (Å²) in [5.41, 5.74) is 7.12. The van der Waals surface area contributed by atoms with Crippen LogP contribution in [-0.2, 0) is 16.8 Å². The Labute approximate surface area is 132 Å². The molecule has 0 aromatic heterocycles. The zero-order valence-corrected chi connectivity index (χ0v) is 13.2. The van der Waals surface area contributed by atoms with E-state index >= 15 is 0 Å². The number of primary amides is 1. The Kier molecular flexibility index (Phi) is 5.21. The van der Waals surface area contributed by atoms with Gasteiger partial charge in [-0.3, -0.25) is 4.79 Å². The van der Waals surface area contributed by atoms with Crippen LogP contribution in [0.25, 0.3) is 0 Å². The molecular weight excluding hydrogens is 274 g/mol. The monoisotopic (exact) mass is 297 g/mol. The van der Waals surface area contributed by atoms with Crippen molar-refractivity contribution in [1.29, 1.82) is 0 Å². The van der Waals surface area contributed by atoms with Gasteiger partial charge in [0.2, 0.25) is 5.91 Å². The summed E-state index contributed by atoms with van der Waals surface area (Å²) in [6, 6.07) is 17.7. The first-order valence-corrected chi connectivity index (χ1v) is 7.69. The van der Waals surface area contributed by atoms with Crippen molar-refractivity contribution in [1.82, 2.24) is 0 Å². The van der Waals surface area contributed by atoms with Crippen molar-refractivity contribution in [3.63, 3.8) is 0 Å². The van der Waals surface area contributed by atoms with E-state index in [4.69, 9.17) is 10.5 Å². The number of nitrogens with two attached hydrogens (primary N) is 1. The van der Waals surface area contributed by atoms with Crippen molar-refractivity contribution in [2.75, 3.05) is 0 Å². The summed E-state index contributed by atoms with van der Waals surface area (Å²) in [5, 5.41) is 0. The molecule has 3 heteroatoms. The van der Waals surface area contributed by atoms with Gasteiger partial charge in [0, 0.05) is 0 Å². The van der Waals surface area contributed by atoms with Crippen molar-refractivity contribution in [3.05, 3.63) is 65.7 Å². The SMILES string of the molecule is CCC(CC)(C(N)=O)c1ccc(OCc2ccccc2)cc1. The predicted octanol–water partition coefficient (Wildman–Crippen LogP) is 3.81. The number of hydrogen-bond donors (Lipinski definition) is 1. The van der Waals surface area contributed by atoms with Crippen molar-refractivity contribution < 1.29 is 9.53 Å². The molecular formula is C19H23NO2. The highest BCUT2D eigenvalue weighted by Gasteiger charge is 2.34. The third kappa shape index (κ3) is 3.30. The molecule has 0 heterocycles. The van der Waals surface area contributed by atoms with Crippen molar-refractivity contribution in [2.45, 2.75) is 38.7 Å². The van der Waals surface area contributed by atoms with Gasteiger partial charge in [-0.15, -0.1) is 0 Å². The van der Waals surface area contributed by atoms with E-state index < -0.39 is 5.41 Å². The number of ether oxygens (including phenoxy) is 1. The molecule has 0 aliphatic heterocycles. The quantitative estimate of drug-likeness (QED) is 0.845. The molecule has 0 atom stereocenters. The first-order chi connectivity index (χ1) is 10.6. The molecule has 2 aromatic rings. The van der Waals surface area contributed by atoms with E-state index in [1.54, 1.807) is 0 Å². The van der Waals surface area contributed by atoms with Gasteiger partial charge >= 0.3 is 0 Å². The summed E-state index contributed by atoms with van der Waals surface area (Å²) in [6.45, 7) is 4.52. The number of rotatable bonds is 7. The third-order valence-electron chi connectivity index (χ3n) is 4.33. The van der Waals surface area contributed by atoms with Crippen LogP contribution in [0.15, 0.2) is 54.6 Å². The maximum atomic E-state index is 11.9. The minimum Gasteiger partial charge on any atom is -0.489 e. The Morgan fingerprint density at radius 2 is 1.59 bits per heavy atom. The van der Waals surface area contributed by atoms with Crippen LogP contribution in [0.2, 0.25) is 0 Å². The minimum absolute atomic E-state index is 0.268. The van der Waals surface area contributed by atoms with Crippen LogP contribution in [0.3, 0.4) is 0 Å². The highest BCUT2D eigenvalue weighted by Crippen LogP contribution is 2.32. The highest BCUT2D eigenvalue weighted by atomic mass is 16.5. The first-order valence-electron chi connectivity index (χ1n) is 7.69. The van der Waals surface area contributed by atoms with Gasteiger partial charge < -0.3 is 10.5 Å². The van der Waals surface area contributed by atoms with Gasteiger partial charge in [-0.05, 0) is 36.1 Å². The molecule has 2 rings (SSSR count). The zero-order valence-electron chi connectivity index (χ0n) is 13.2. The predicted molar refractivity (Wildman–Crippen MR) is 88.7 cm³/mol. The first kappa shape index (κ1) is 16.1. The second-order valence-electron chi connectivity index (χ2n) is 5.45. The summed E-state index contributed by atoms with van der Waals surface area (Å²) in [6.07, 6.45) is 1.39. The minimum atomic E-state index is -0.585. The number of hydrogen-bond acceptors (Lipinski definition) is 2. The van der Waals surface area contributed by atoms with E-state index in [0.717, 1.165) is 16.9 Å². The topological polar surface area (TPSA) is 52.3 Å². The van der Waals surface area contributed by atoms with Crippen LogP contribution in [0, 0.1) is 0 Å². The number of benzene rings is 2. The van der Waals surface area contributed by atoms with E-state index in [1.165, 1.54) is 0 Å². The summed E-state index contributed by atoms with van der Waals surface area (Å²) in [4.78, 5) is 11.9. The van der Waals surface area contributed by atoms with Gasteiger partial charge in [-0.1, -0.05) is 56.3 Å². The molecule has 0 aliphatic carbocycles. The largest absolute Gasteiger partial charge is 0.489 e. The molecule has 2 aromatic carbocycles. The third-order valence-corrected chi connectivity index (χ3v) is 4.33. The van der Waals surface area contributed by atoms with Crippen LogP contribution < -0.4 is 10.5 Å². The van der Waals surface area contributed by atoms with E-state index in [0.29, 0.717) is 19.4 Å². The Morgan fingerprint density at radius 1 is 1.00 bits per heavy atom. The average molecular weight is 297 g/mol. The van der Waals surface area contributed by atoms with Crippen molar-refractivity contribution in [2.24, 2.45) is 5.73 Å². The number of carbonyl (C=O) groups is 1. The Morgan fingerprint density at radius 3 is 2.09 bits per heavy atom. The average Bonchev–Trinajstić information content (AvgIpc) is 2.56. The van der Waals surface area contributed by atoms with E-state index in [9.17, 15) is 4.79 Å². The standard InChI is InChI=1S/C19H23NO2/c1-3-19(4-2,18(20)21)16-10-12-17(13-11-16)22-14-15-8-6-5-7-9-15/h5-13H,3-4,14H2,1-2H3,(H2,20,21). The van der Waals surface area contributed by atoms with Crippen molar-refractivity contribution >= 4 is 5.91 Å². The van der Waals surface area contributed by atoms with Gasteiger partial charge in [-0.25, -0.2) is 0 Å². The lowest BCUT2D eigenvalue weighted by molar-refractivity contribution is -0.123. The lowest BCUT2D eigenvalue weighted by atomic mass is 9.75. The van der Waals surface area contributed by atoms with Crippen LogP contribution >= 0.6 is 0 Å². The normalized spacial score (nSPS) is 11.2.